The summed E-state index contributed by atoms with van der Waals surface area (Å²) in [7, 11) is -2.51. The third-order valence-electron chi connectivity index (χ3n) is 3.05. The highest BCUT2D eigenvalue weighted by Gasteiger charge is 2.28. The molecule has 0 heterocycles. The van der Waals surface area contributed by atoms with Crippen LogP contribution in [0.3, 0.4) is 0 Å². The molecule has 0 aromatic heterocycles. The Kier molecular flexibility index (Phi) is 4.81. The smallest absolute Gasteiger partial charge is 0.258 e. The SMILES string of the molecule is Cc1ccc([N+](=O)[O-])cc1S(=O)(=O)N(C)C(C)CC#N. The molecule has 0 N–H and O–H groups in total. The second kappa shape index (κ2) is 5.98. The lowest BCUT2D eigenvalue weighted by Crippen LogP contribution is -2.35. The molecule has 108 valence electrons. The van der Waals surface area contributed by atoms with Crippen molar-refractivity contribution in [2.24, 2.45) is 0 Å². The summed E-state index contributed by atoms with van der Waals surface area (Å²) in [5.74, 6) is 0. The van der Waals surface area contributed by atoms with Crippen molar-refractivity contribution in [3.8, 4) is 6.07 Å². The molecule has 0 spiro atoms. The lowest BCUT2D eigenvalue weighted by molar-refractivity contribution is -0.385. The van der Waals surface area contributed by atoms with Crippen LogP contribution in [0.4, 0.5) is 5.69 Å². The van der Waals surface area contributed by atoms with Crippen LogP contribution in [-0.4, -0.2) is 30.7 Å². The molecule has 1 aromatic carbocycles. The lowest BCUT2D eigenvalue weighted by atomic mass is 10.2. The summed E-state index contributed by atoms with van der Waals surface area (Å²) >= 11 is 0. The van der Waals surface area contributed by atoms with Gasteiger partial charge in [-0.25, -0.2) is 8.42 Å². The fraction of sp³-hybridized carbons (Fsp3) is 0.417. The first-order valence-corrected chi connectivity index (χ1v) is 7.26. The summed E-state index contributed by atoms with van der Waals surface area (Å²) in [6.07, 6.45) is 0.0453. The molecule has 0 saturated carbocycles. The average molecular weight is 297 g/mol. The second-order valence-corrected chi connectivity index (χ2v) is 6.41. The van der Waals surface area contributed by atoms with Crippen molar-refractivity contribution in [3.63, 3.8) is 0 Å². The number of hydrogen-bond donors (Lipinski definition) is 0. The van der Waals surface area contributed by atoms with Gasteiger partial charge in [-0.05, 0) is 19.4 Å². The zero-order chi connectivity index (χ0) is 15.5. The number of non-ortho nitro benzene ring substituents is 1. The minimum atomic E-state index is -3.87. The van der Waals surface area contributed by atoms with Gasteiger partial charge in [-0.3, -0.25) is 10.1 Å². The number of nitro groups is 1. The number of hydrogen-bond acceptors (Lipinski definition) is 5. The van der Waals surface area contributed by atoms with Crippen LogP contribution < -0.4 is 0 Å². The van der Waals surface area contributed by atoms with E-state index in [9.17, 15) is 18.5 Å². The van der Waals surface area contributed by atoms with E-state index in [2.05, 4.69) is 0 Å². The highest BCUT2D eigenvalue weighted by atomic mass is 32.2. The Hall–Kier alpha value is -1.98. The average Bonchev–Trinajstić information content (AvgIpc) is 2.37. The third-order valence-corrected chi connectivity index (χ3v) is 5.16. The molecule has 1 aromatic rings. The molecule has 20 heavy (non-hydrogen) atoms. The van der Waals surface area contributed by atoms with Crippen molar-refractivity contribution in [1.82, 2.24) is 4.31 Å². The van der Waals surface area contributed by atoms with Gasteiger partial charge in [-0.1, -0.05) is 6.07 Å². The van der Waals surface area contributed by atoms with E-state index in [1.54, 1.807) is 13.8 Å². The zero-order valence-electron chi connectivity index (χ0n) is 11.4. The van der Waals surface area contributed by atoms with Crippen LogP contribution in [0.15, 0.2) is 23.1 Å². The van der Waals surface area contributed by atoms with E-state index in [0.717, 1.165) is 10.4 Å². The topological polar surface area (TPSA) is 104 Å². The van der Waals surface area contributed by atoms with Crippen LogP contribution in [-0.2, 0) is 10.0 Å². The van der Waals surface area contributed by atoms with Gasteiger partial charge in [-0.2, -0.15) is 9.57 Å². The number of nitro benzene ring substituents is 1. The molecule has 1 atom stereocenters. The van der Waals surface area contributed by atoms with Crippen LogP contribution in [0.5, 0.6) is 0 Å². The number of benzene rings is 1. The van der Waals surface area contributed by atoms with Gasteiger partial charge in [0.05, 0.1) is 22.3 Å². The van der Waals surface area contributed by atoms with Crippen LogP contribution in [0.25, 0.3) is 0 Å². The van der Waals surface area contributed by atoms with Gasteiger partial charge in [0.2, 0.25) is 10.0 Å². The quantitative estimate of drug-likeness (QED) is 0.609. The molecule has 7 nitrogen and oxygen atoms in total. The van der Waals surface area contributed by atoms with Crippen LogP contribution in [0.1, 0.15) is 18.9 Å². The fourth-order valence-electron chi connectivity index (χ4n) is 1.63. The molecule has 0 radical (unpaired) electrons. The minimum Gasteiger partial charge on any atom is -0.258 e. The van der Waals surface area contributed by atoms with Gasteiger partial charge in [0, 0.05) is 25.2 Å². The Balaban J connectivity index is 3.32. The van der Waals surface area contributed by atoms with Gasteiger partial charge in [0.15, 0.2) is 0 Å². The predicted molar refractivity (Wildman–Crippen MR) is 72.5 cm³/mol. The molecule has 0 fully saturated rings. The van der Waals surface area contributed by atoms with Crippen molar-refractivity contribution in [2.45, 2.75) is 31.2 Å². The van der Waals surface area contributed by atoms with Gasteiger partial charge in [0.1, 0.15) is 0 Å². The van der Waals surface area contributed by atoms with Gasteiger partial charge in [0.25, 0.3) is 5.69 Å². The standard InChI is InChI=1S/C12H15N3O4S/c1-9-4-5-11(15(16)17)8-12(9)20(18,19)14(3)10(2)6-7-13/h4-5,8,10H,6H2,1-3H3. The Labute approximate surface area is 117 Å². The first-order valence-electron chi connectivity index (χ1n) is 5.81. The highest BCUT2D eigenvalue weighted by molar-refractivity contribution is 7.89. The molecule has 0 saturated heterocycles. The van der Waals surface area contributed by atoms with Crippen molar-refractivity contribution >= 4 is 15.7 Å². The maximum Gasteiger partial charge on any atom is 0.270 e. The number of nitrogens with zero attached hydrogens (tertiary/aromatic N) is 3. The lowest BCUT2D eigenvalue weighted by Gasteiger charge is -2.23. The fourth-order valence-corrected chi connectivity index (χ4v) is 3.24. The minimum absolute atomic E-state index is 0.0453. The number of sulfonamides is 1. The molecule has 1 rings (SSSR count). The molecule has 0 aliphatic carbocycles. The van der Waals surface area contributed by atoms with Crippen LogP contribution >= 0.6 is 0 Å². The van der Waals surface area contributed by atoms with E-state index < -0.39 is 21.0 Å². The summed E-state index contributed by atoms with van der Waals surface area (Å²) in [6.45, 7) is 3.17. The highest BCUT2D eigenvalue weighted by Crippen LogP contribution is 2.25. The first-order chi connectivity index (χ1) is 9.21. The predicted octanol–water partition coefficient (Wildman–Crippen LogP) is 1.83. The summed E-state index contributed by atoms with van der Waals surface area (Å²) < 4.78 is 25.9. The van der Waals surface area contributed by atoms with E-state index in [4.69, 9.17) is 5.26 Å². The summed E-state index contributed by atoms with van der Waals surface area (Å²) in [5.41, 5.74) is 0.141. The summed E-state index contributed by atoms with van der Waals surface area (Å²) in [6, 6.07) is 5.09. The van der Waals surface area contributed by atoms with E-state index >= 15 is 0 Å². The molecule has 0 bridgehead atoms. The maximum absolute atomic E-state index is 12.4. The Morgan fingerprint density at radius 1 is 1.50 bits per heavy atom. The van der Waals surface area contributed by atoms with Crippen LogP contribution in [0.2, 0.25) is 0 Å². The van der Waals surface area contributed by atoms with Crippen molar-refractivity contribution < 1.29 is 13.3 Å². The van der Waals surface area contributed by atoms with Crippen LogP contribution in [0, 0.1) is 28.4 Å². The molecule has 0 aliphatic heterocycles. The molecular weight excluding hydrogens is 282 g/mol. The van der Waals surface area contributed by atoms with E-state index in [0.29, 0.717) is 5.56 Å². The van der Waals surface area contributed by atoms with Gasteiger partial charge >= 0.3 is 0 Å². The summed E-state index contributed by atoms with van der Waals surface area (Å²) in [5, 5.41) is 19.4. The van der Waals surface area contributed by atoms with Crippen molar-refractivity contribution in [1.29, 1.82) is 5.26 Å². The van der Waals surface area contributed by atoms with Gasteiger partial charge < -0.3 is 0 Å². The number of nitriles is 1. The molecule has 0 amide bonds. The molecule has 0 aliphatic rings. The Morgan fingerprint density at radius 3 is 2.60 bits per heavy atom. The van der Waals surface area contributed by atoms with E-state index in [1.165, 1.54) is 19.2 Å². The zero-order valence-corrected chi connectivity index (χ0v) is 12.2. The number of rotatable bonds is 5. The van der Waals surface area contributed by atoms with Gasteiger partial charge in [-0.15, -0.1) is 0 Å². The third kappa shape index (κ3) is 3.12. The Bertz CT molecular complexity index is 664. The maximum atomic E-state index is 12.4. The monoisotopic (exact) mass is 297 g/mol. The van der Waals surface area contributed by atoms with E-state index in [-0.39, 0.29) is 17.0 Å². The summed E-state index contributed by atoms with van der Waals surface area (Å²) in [4.78, 5) is 10.00. The molecule has 8 heteroatoms. The molecule has 1 unspecified atom stereocenters. The largest absolute Gasteiger partial charge is 0.270 e. The second-order valence-electron chi connectivity index (χ2n) is 4.44. The first kappa shape index (κ1) is 16.1. The van der Waals surface area contributed by atoms with Crippen molar-refractivity contribution in [3.05, 3.63) is 33.9 Å². The molecular formula is C12H15N3O4S. The number of aryl methyl sites for hydroxylation is 1. The van der Waals surface area contributed by atoms with E-state index in [1.807, 2.05) is 6.07 Å². The normalized spacial score (nSPS) is 12.9. The van der Waals surface area contributed by atoms with Crippen molar-refractivity contribution in [2.75, 3.05) is 7.05 Å². The Morgan fingerprint density at radius 2 is 2.10 bits per heavy atom.